The summed E-state index contributed by atoms with van der Waals surface area (Å²) < 4.78 is 7.09. The largest absolute Gasteiger partial charge is 0.309 e. The summed E-state index contributed by atoms with van der Waals surface area (Å²) in [5, 5.41) is 7.68. The smallest absolute Gasteiger partial charge is 0.156 e. The lowest BCUT2D eigenvalue weighted by Gasteiger charge is -2.22. The van der Waals surface area contributed by atoms with Gasteiger partial charge in [-0.25, -0.2) is 9.97 Å². The summed E-state index contributed by atoms with van der Waals surface area (Å²) in [7, 11) is 0. The Morgan fingerprint density at radius 3 is 1.32 bits per heavy atom. The monoisotopic (exact) mass is 1110 g/mol. The third-order valence-electron chi connectivity index (χ3n) is 18.8. The van der Waals surface area contributed by atoms with Gasteiger partial charge in [-0.3, -0.25) is 9.55 Å². The number of para-hydroxylation sites is 4. The third kappa shape index (κ3) is 7.70. The maximum Gasteiger partial charge on any atom is 0.156 e. The fraction of sp³-hybridized carbons (Fsp3) is 0.0741. The number of benzene rings is 11. The molecule has 0 atom stereocenters. The van der Waals surface area contributed by atoms with Crippen LogP contribution < -0.4 is 0 Å². The van der Waals surface area contributed by atoms with Crippen molar-refractivity contribution in [1.29, 1.82) is 0 Å². The van der Waals surface area contributed by atoms with Gasteiger partial charge in [-0.2, -0.15) is 0 Å². The van der Waals surface area contributed by atoms with Crippen LogP contribution in [0.15, 0.2) is 279 Å². The highest BCUT2D eigenvalue weighted by Crippen LogP contribution is 2.54. The topological polar surface area (TPSA) is 53.5 Å². The van der Waals surface area contributed by atoms with E-state index in [4.69, 9.17) is 15.0 Å². The Morgan fingerprint density at radius 2 is 0.759 bits per heavy atom. The van der Waals surface area contributed by atoms with Crippen LogP contribution in [0.3, 0.4) is 0 Å². The molecule has 6 nitrogen and oxygen atoms in total. The maximum absolute atomic E-state index is 5.05. The fourth-order valence-corrected chi connectivity index (χ4v) is 14.7. The van der Waals surface area contributed by atoms with E-state index in [2.05, 4.69) is 272 Å². The molecule has 0 radical (unpaired) electrons. The minimum Gasteiger partial charge on any atom is -0.309 e. The molecule has 0 bridgehead atoms. The quantitative estimate of drug-likeness (QED) is 0.167. The lowest BCUT2D eigenvalue weighted by Crippen LogP contribution is -2.15. The molecule has 0 spiro atoms. The average molecular weight is 1120 g/mol. The zero-order chi connectivity index (χ0) is 58.1. The van der Waals surface area contributed by atoms with Crippen molar-refractivity contribution in [2.24, 2.45) is 0 Å². The number of fused-ring (bicyclic) bond motifs is 16. The molecule has 5 aromatic heterocycles. The van der Waals surface area contributed by atoms with Gasteiger partial charge in [0.25, 0.3) is 0 Å². The van der Waals surface area contributed by atoms with E-state index in [-0.39, 0.29) is 10.8 Å². The van der Waals surface area contributed by atoms with E-state index in [9.17, 15) is 0 Å². The van der Waals surface area contributed by atoms with Crippen LogP contribution in [0, 0.1) is 0 Å². The van der Waals surface area contributed by atoms with Crippen LogP contribution in [0.5, 0.6) is 0 Å². The fourth-order valence-electron chi connectivity index (χ4n) is 14.7. The highest BCUT2D eigenvalue weighted by atomic mass is 15.1. The second kappa shape index (κ2) is 19.3. The van der Waals surface area contributed by atoms with Gasteiger partial charge >= 0.3 is 0 Å². The minimum absolute atomic E-state index is 0.0399. The molecule has 5 heterocycles. The molecular formula is C81H58N6. The highest BCUT2D eigenvalue weighted by Gasteiger charge is 2.39. The third-order valence-corrected chi connectivity index (χ3v) is 18.8. The van der Waals surface area contributed by atoms with Crippen LogP contribution in [-0.4, -0.2) is 28.7 Å². The lowest BCUT2D eigenvalue weighted by molar-refractivity contribution is 0.661. The standard InChI is InChI=1S/C42H30N4.C39H28N2/c1-42(2)33-19-11-9-17-30(33)31-21-22-38-40(41(31)42)32-18-10-12-20-37(32)46(38)39-26-43-36(25-44-39)29-23-34(27-13-5-3-6-14-27)45-35(24-29)28-15-7-4-8-16-28;1-39(2)33-15-7-3-11-27(33)31-23-32-30-14-6-10-18-37(30)41(38(32)24-34(31)39)26-21-19-25(20-22-26)40-35-16-8-4-12-28(35)29-13-5-9-17-36(29)40/h3-26H,1-2H3;3-24H,1-2H3. The molecule has 0 aliphatic heterocycles. The van der Waals surface area contributed by atoms with Crippen molar-refractivity contribution in [3.05, 3.63) is 302 Å². The summed E-state index contributed by atoms with van der Waals surface area (Å²) in [6.07, 6.45) is 3.79. The van der Waals surface area contributed by atoms with Gasteiger partial charge in [-0.15, -0.1) is 0 Å². The summed E-state index contributed by atoms with van der Waals surface area (Å²) in [6, 6.07) is 95.9. The van der Waals surface area contributed by atoms with Gasteiger partial charge in [0.15, 0.2) is 5.82 Å². The summed E-state index contributed by atoms with van der Waals surface area (Å²) in [5.41, 5.74) is 26.1. The molecule has 412 valence electrons. The van der Waals surface area contributed by atoms with Gasteiger partial charge in [-0.1, -0.05) is 216 Å². The maximum atomic E-state index is 5.05. The Morgan fingerprint density at radius 1 is 0.287 bits per heavy atom. The second-order valence-electron chi connectivity index (χ2n) is 24.3. The van der Waals surface area contributed by atoms with Gasteiger partial charge in [0, 0.05) is 71.2 Å². The molecule has 0 unspecified atom stereocenters. The Bertz CT molecular complexity index is 5320. The van der Waals surface area contributed by atoms with Crippen molar-refractivity contribution < 1.29 is 0 Å². The number of hydrogen-bond donors (Lipinski definition) is 0. The van der Waals surface area contributed by atoms with E-state index in [0.717, 1.165) is 50.6 Å². The van der Waals surface area contributed by atoms with Crippen LogP contribution in [0.1, 0.15) is 49.9 Å². The van der Waals surface area contributed by atoms with Gasteiger partial charge in [0.2, 0.25) is 0 Å². The molecule has 0 N–H and O–H groups in total. The Kier molecular flexibility index (Phi) is 11.2. The zero-order valence-electron chi connectivity index (χ0n) is 48.7. The van der Waals surface area contributed by atoms with Crippen LogP contribution in [0.4, 0.5) is 0 Å². The van der Waals surface area contributed by atoms with Crippen LogP contribution in [0.25, 0.3) is 139 Å². The minimum atomic E-state index is -0.121. The Labute approximate surface area is 504 Å². The number of pyridine rings is 1. The van der Waals surface area contributed by atoms with E-state index in [1.165, 1.54) is 110 Å². The first-order valence-electron chi connectivity index (χ1n) is 30.1. The van der Waals surface area contributed by atoms with E-state index in [0.29, 0.717) is 0 Å². The molecule has 87 heavy (non-hydrogen) atoms. The summed E-state index contributed by atoms with van der Waals surface area (Å²) >= 11 is 0. The van der Waals surface area contributed by atoms with Crippen molar-refractivity contribution in [3.63, 3.8) is 0 Å². The first-order chi connectivity index (χ1) is 42.7. The zero-order valence-corrected chi connectivity index (χ0v) is 48.7. The molecule has 0 fully saturated rings. The second-order valence-corrected chi connectivity index (χ2v) is 24.3. The van der Waals surface area contributed by atoms with Crippen molar-refractivity contribution in [2.75, 3.05) is 0 Å². The predicted octanol–water partition coefficient (Wildman–Crippen LogP) is 20.5. The first kappa shape index (κ1) is 50.6. The van der Waals surface area contributed by atoms with Gasteiger partial charge in [-0.05, 0) is 123 Å². The molecule has 2 aliphatic rings. The molecule has 2 aliphatic carbocycles. The van der Waals surface area contributed by atoms with E-state index < -0.39 is 0 Å². The summed E-state index contributed by atoms with van der Waals surface area (Å²) in [6.45, 7) is 9.41. The van der Waals surface area contributed by atoms with Crippen LogP contribution in [0.2, 0.25) is 0 Å². The molecule has 11 aromatic carbocycles. The molecule has 6 heteroatoms. The number of rotatable bonds is 6. The van der Waals surface area contributed by atoms with Crippen molar-refractivity contribution in [1.82, 2.24) is 28.7 Å². The van der Waals surface area contributed by atoms with Crippen LogP contribution in [-0.2, 0) is 10.8 Å². The molecule has 0 saturated heterocycles. The van der Waals surface area contributed by atoms with Gasteiger partial charge in [0.05, 0.1) is 62.6 Å². The number of nitrogens with zero attached hydrogens (tertiary/aromatic N) is 6. The predicted molar refractivity (Wildman–Crippen MR) is 361 cm³/mol. The van der Waals surface area contributed by atoms with Crippen molar-refractivity contribution >= 4 is 65.4 Å². The SMILES string of the molecule is CC1(C)c2ccccc2-c2cc3c4ccccc4n(-c4ccc(-n5c6ccccc6c6ccccc65)cc4)c3cc21.CC1(C)c2ccccc2-c2ccc3c(c21)c1ccccc1n3-c1cnc(-c2cc(-c3ccccc3)nc(-c3ccccc3)c2)cn1. The Balaban J connectivity index is 0.000000136. The molecule has 0 saturated carbocycles. The summed E-state index contributed by atoms with van der Waals surface area (Å²) in [4.78, 5) is 15.1. The van der Waals surface area contributed by atoms with Gasteiger partial charge < -0.3 is 9.13 Å². The normalized spacial score (nSPS) is 13.5. The van der Waals surface area contributed by atoms with E-state index in [1.807, 2.05) is 48.8 Å². The number of aromatic nitrogens is 6. The molecule has 16 aromatic rings. The van der Waals surface area contributed by atoms with Crippen molar-refractivity contribution in [2.45, 2.75) is 38.5 Å². The molecular weight excluding hydrogens is 1060 g/mol. The summed E-state index contributed by atoms with van der Waals surface area (Å²) in [5.74, 6) is 0.795. The van der Waals surface area contributed by atoms with Gasteiger partial charge in [0.1, 0.15) is 0 Å². The van der Waals surface area contributed by atoms with Crippen LogP contribution >= 0.6 is 0 Å². The number of hydrogen-bond acceptors (Lipinski definition) is 3. The van der Waals surface area contributed by atoms with E-state index >= 15 is 0 Å². The average Bonchev–Trinajstić information content (AvgIpc) is 1.60. The molecule has 18 rings (SSSR count). The highest BCUT2D eigenvalue weighted by molar-refractivity contribution is 6.15. The van der Waals surface area contributed by atoms with E-state index in [1.54, 1.807) is 0 Å². The Hall–Kier alpha value is -11.0. The lowest BCUT2D eigenvalue weighted by atomic mass is 9.80. The van der Waals surface area contributed by atoms with Crippen molar-refractivity contribution in [3.8, 4) is 73.2 Å². The first-order valence-corrected chi connectivity index (χ1v) is 30.1. The molecule has 0 amide bonds.